The van der Waals surface area contributed by atoms with E-state index in [-0.39, 0.29) is 41.7 Å². The number of nitrogens with zero attached hydrogens (tertiary/aromatic N) is 2. The average molecular weight is 348 g/mol. The largest absolute Gasteiger partial charge is 0.338 e. The van der Waals surface area contributed by atoms with Crippen LogP contribution in [-0.4, -0.2) is 55.8 Å². The number of hydrogen-bond acceptors (Lipinski definition) is 4. The maximum atomic E-state index is 12.9. The third-order valence-corrected chi connectivity index (χ3v) is 7.06. The van der Waals surface area contributed by atoms with Gasteiger partial charge < -0.3 is 9.80 Å². The van der Waals surface area contributed by atoms with Crippen molar-refractivity contribution in [1.29, 1.82) is 0 Å². The van der Waals surface area contributed by atoms with Crippen LogP contribution in [0.5, 0.6) is 0 Å². The van der Waals surface area contributed by atoms with Gasteiger partial charge in [-0.05, 0) is 24.5 Å². The monoisotopic (exact) mass is 348 g/mol. The first kappa shape index (κ1) is 15.6. The van der Waals surface area contributed by atoms with Gasteiger partial charge in [-0.25, -0.2) is 8.42 Å². The number of benzene rings is 1. The van der Waals surface area contributed by atoms with Crippen molar-refractivity contribution in [3.8, 4) is 0 Å². The molecule has 2 amide bonds. The summed E-state index contributed by atoms with van der Waals surface area (Å²) in [6.07, 6.45) is 1.52. The minimum Gasteiger partial charge on any atom is -0.338 e. The zero-order chi connectivity index (χ0) is 16.9. The summed E-state index contributed by atoms with van der Waals surface area (Å²) in [5, 5.41) is 0. The van der Waals surface area contributed by atoms with E-state index in [4.69, 9.17) is 0 Å². The van der Waals surface area contributed by atoms with Gasteiger partial charge in [0.15, 0.2) is 9.84 Å². The maximum absolute atomic E-state index is 12.9. The molecule has 3 aliphatic rings. The number of amides is 2. The summed E-state index contributed by atoms with van der Waals surface area (Å²) in [5.74, 6) is -0.308. The molecular weight excluding hydrogens is 328 g/mol. The summed E-state index contributed by atoms with van der Waals surface area (Å²) < 4.78 is 23.3. The van der Waals surface area contributed by atoms with Gasteiger partial charge in [-0.3, -0.25) is 9.59 Å². The van der Waals surface area contributed by atoms with Crippen LogP contribution >= 0.6 is 0 Å². The van der Waals surface area contributed by atoms with Crippen LogP contribution in [0.4, 0.5) is 5.69 Å². The Morgan fingerprint density at radius 1 is 1.21 bits per heavy atom. The number of rotatable bonds is 2. The second-order valence-electron chi connectivity index (χ2n) is 6.87. The zero-order valence-corrected chi connectivity index (χ0v) is 14.2. The summed E-state index contributed by atoms with van der Waals surface area (Å²) in [6, 6.07) is 7.59. The standard InChI is InChI=1S/C17H20N2O4S/c20-16-9-13(10-19(16)14-6-8-24(22,23)11-14)17(21)18-7-5-12-3-1-2-4-15(12)18/h1-4,13-14H,5-11H2/t13-,14+/m1/s1. The molecule has 3 heterocycles. The molecule has 0 aliphatic carbocycles. The number of fused-ring (bicyclic) bond motifs is 1. The van der Waals surface area contributed by atoms with E-state index in [0.29, 0.717) is 19.5 Å². The van der Waals surface area contributed by atoms with Gasteiger partial charge in [0.25, 0.3) is 0 Å². The first-order valence-corrected chi connectivity index (χ1v) is 10.2. The van der Waals surface area contributed by atoms with E-state index in [1.165, 1.54) is 0 Å². The molecule has 24 heavy (non-hydrogen) atoms. The second kappa shape index (κ2) is 5.58. The SMILES string of the molecule is O=C([C@@H]1CC(=O)N([C@H]2CCS(=O)(=O)C2)C1)N1CCc2ccccc21. The van der Waals surface area contributed by atoms with Gasteiger partial charge in [0.1, 0.15) is 0 Å². The van der Waals surface area contributed by atoms with Gasteiger partial charge in [-0.2, -0.15) is 0 Å². The lowest BCUT2D eigenvalue weighted by molar-refractivity contribution is -0.129. The molecule has 6 nitrogen and oxygen atoms in total. The Balaban J connectivity index is 1.49. The van der Waals surface area contributed by atoms with Crippen LogP contribution in [0.15, 0.2) is 24.3 Å². The lowest BCUT2D eigenvalue weighted by Crippen LogP contribution is -2.40. The van der Waals surface area contributed by atoms with Crippen LogP contribution in [-0.2, 0) is 25.8 Å². The van der Waals surface area contributed by atoms with E-state index >= 15 is 0 Å². The van der Waals surface area contributed by atoms with E-state index in [9.17, 15) is 18.0 Å². The molecule has 0 aromatic heterocycles. The van der Waals surface area contributed by atoms with E-state index in [1.807, 2.05) is 24.3 Å². The van der Waals surface area contributed by atoms with Crippen molar-refractivity contribution in [2.75, 3.05) is 29.5 Å². The van der Waals surface area contributed by atoms with Gasteiger partial charge in [-0.1, -0.05) is 18.2 Å². The van der Waals surface area contributed by atoms with E-state index in [0.717, 1.165) is 17.7 Å². The topological polar surface area (TPSA) is 74.8 Å². The third kappa shape index (κ3) is 2.60. The van der Waals surface area contributed by atoms with E-state index in [2.05, 4.69) is 0 Å². The van der Waals surface area contributed by atoms with Crippen LogP contribution in [0, 0.1) is 5.92 Å². The summed E-state index contributed by atoms with van der Waals surface area (Å²) >= 11 is 0. The molecule has 2 atom stereocenters. The van der Waals surface area contributed by atoms with Crippen molar-refractivity contribution in [2.24, 2.45) is 5.92 Å². The minimum atomic E-state index is -3.04. The minimum absolute atomic E-state index is 0.0170. The molecule has 4 rings (SSSR count). The normalized spacial score (nSPS) is 28.4. The molecule has 2 saturated heterocycles. The Morgan fingerprint density at radius 3 is 2.75 bits per heavy atom. The van der Waals surface area contributed by atoms with E-state index in [1.54, 1.807) is 9.80 Å². The van der Waals surface area contributed by atoms with Gasteiger partial charge in [0.05, 0.1) is 17.4 Å². The molecule has 0 N–H and O–H groups in total. The average Bonchev–Trinajstić information content (AvgIpc) is 3.23. The van der Waals surface area contributed by atoms with Crippen molar-refractivity contribution >= 4 is 27.3 Å². The molecule has 0 unspecified atom stereocenters. The van der Waals surface area contributed by atoms with Crippen molar-refractivity contribution in [1.82, 2.24) is 4.90 Å². The molecule has 7 heteroatoms. The second-order valence-corrected chi connectivity index (χ2v) is 9.10. The van der Waals surface area contributed by atoms with Crippen LogP contribution in [0.2, 0.25) is 0 Å². The zero-order valence-electron chi connectivity index (χ0n) is 13.3. The van der Waals surface area contributed by atoms with Crippen LogP contribution in [0.1, 0.15) is 18.4 Å². The fourth-order valence-electron chi connectivity index (χ4n) is 4.06. The van der Waals surface area contributed by atoms with Crippen molar-refractivity contribution in [2.45, 2.75) is 25.3 Å². The number of carbonyl (C=O) groups is 2. The van der Waals surface area contributed by atoms with Crippen molar-refractivity contribution < 1.29 is 18.0 Å². The van der Waals surface area contributed by atoms with Gasteiger partial charge in [-0.15, -0.1) is 0 Å². The molecule has 1 aromatic carbocycles. The predicted octanol–water partition coefficient (Wildman–Crippen LogP) is 0.611. The highest BCUT2D eigenvalue weighted by Gasteiger charge is 2.43. The molecule has 2 fully saturated rings. The maximum Gasteiger partial charge on any atom is 0.232 e. The van der Waals surface area contributed by atoms with Crippen LogP contribution in [0.25, 0.3) is 0 Å². The fraction of sp³-hybridized carbons (Fsp3) is 0.529. The highest BCUT2D eigenvalue weighted by molar-refractivity contribution is 7.91. The Labute approximate surface area is 141 Å². The van der Waals surface area contributed by atoms with Crippen molar-refractivity contribution in [3.05, 3.63) is 29.8 Å². The first-order chi connectivity index (χ1) is 11.4. The molecule has 128 valence electrons. The number of para-hydroxylation sites is 1. The highest BCUT2D eigenvalue weighted by Crippen LogP contribution is 2.32. The molecule has 3 aliphatic heterocycles. The summed E-state index contributed by atoms with van der Waals surface area (Å²) in [7, 11) is -3.04. The summed E-state index contributed by atoms with van der Waals surface area (Å²) in [4.78, 5) is 28.6. The fourth-order valence-corrected chi connectivity index (χ4v) is 5.79. The van der Waals surface area contributed by atoms with Gasteiger partial charge in [0, 0.05) is 31.2 Å². The highest BCUT2D eigenvalue weighted by atomic mass is 32.2. The summed E-state index contributed by atoms with van der Waals surface area (Å²) in [6.45, 7) is 0.997. The quantitative estimate of drug-likeness (QED) is 0.785. The molecule has 0 spiro atoms. The smallest absolute Gasteiger partial charge is 0.232 e. The number of sulfone groups is 1. The number of carbonyl (C=O) groups excluding carboxylic acids is 2. The van der Waals surface area contributed by atoms with E-state index < -0.39 is 9.84 Å². The number of hydrogen-bond donors (Lipinski definition) is 0. The molecule has 0 radical (unpaired) electrons. The Kier molecular flexibility index (Phi) is 3.63. The molecule has 0 saturated carbocycles. The van der Waals surface area contributed by atoms with Gasteiger partial charge in [0.2, 0.25) is 11.8 Å². The molecule has 0 bridgehead atoms. The first-order valence-electron chi connectivity index (χ1n) is 8.34. The summed E-state index contributed by atoms with van der Waals surface area (Å²) in [5.41, 5.74) is 2.10. The Morgan fingerprint density at radius 2 is 2.00 bits per heavy atom. The van der Waals surface area contributed by atoms with Crippen molar-refractivity contribution in [3.63, 3.8) is 0 Å². The van der Waals surface area contributed by atoms with Crippen LogP contribution in [0.3, 0.4) is 0 Å². The van der Waals surface area contributed by atoms with Gasteiger partial charge >= 0.3 is 0 Å². The Hall–Kier alpha value is -1.89. The number of likely N-dealkylation sites (tertiary alicyclic amines) is 1. The molecular formula is C17H20N2O4S. The predicted molar refractivity (Wildman–Crippen MR) is 89.4 cm³/mol. The lowest BCUT2D eigenvalue weighted by atomic mass is 10.1. The van der Waals surface area contributed by atoms with Crippen LogP contribution < -0.4 is 4.90 Å². The lowest BCUT2D eigenvalue weighted by Gasteiger charge is -2.24. The Bertz CT molecular complexity index is 805. The number of anilines is 1. The third-order valence-electron chi connectivity index (χ3n) is 5.31. The molecule has 1 aromatic rings.